The first-order valence-electron chi connectivity index (χ1n) is 6.41. The Morgan fingerprint density at radius 2 is 2.10 bits per heavy atom. The first-order chi connectivity index (χ1) is 9.65. The van der Waals surface area contributed by atoms with E-state index in [2.05, 4.69) is 26.8 Å². The molecule has 1 aliphatic heterocycles. The van der Waals surface area contributed by atoms with E-state index in [9.17, 15) is 4.79 Å². The number of carbonyl (C=O) groups excluding carboxylic acids is 1. The molecule has 1 aliphatic rings. The van der Waals surface area contributed by atoms with Crippen molar-refractivity contribution in [1.82, 2.24) is 9.97 Å². The lowest BCUT2D eigenvalue weighted by atomic mass is 9.99. The third-order valence-corrected chi connectivity index (χ3v) is 3.28. The minimum absolute atomic E-state index is 0.0674. The van der Waals surface area contributed by atoms with Crippen molar-refractivity contribution >= 4 is 17.5 Å². The molecule has 2 heterocycles. The van der Waals surface area contributed by atoms with E-state index in [0.29, 0.717) is 12.4 Å². The highest BCUT2D eigenvalue weighted by Crippen LogP contribution is 2.28. The molecule has 20 heavy (non-hydrogen) atoms. The number of aryl methyl sites for hydroxylation is 2. The van der Waals surface area contributed by atoms with E-state index in [-0.39, 0.29) is 5.91 Å². The molecule has 1 amide bonds. The van der Waals surface area contributed by atoms with Gasteiger partial charge in [0.2, 0.25) is 11.9 Å². The minimum atomic E-state index is 0.0674. The predicted octanol–water partition coefficient (Wildman–Crippen LogP) is 1.62. The number of hydrazine groups is 1. The van der Waals surface area contributed by atoms with Gasteiger partial charge in [-0.25, -0.2) is 15.8 Å². The fraction of sp³-hybridized carbons (Fsp3) is 0.214. The number of benzene rings is 1. The summed E-state index contributed by atoms with van der Waals surface area (Å²) < 4.78 is 0. The summed E-state index contributed by atoms with van der Waals surface area (Å²) in [5, 5.41) is 2.87. The smallest absolute Gasteiger partial charge is 0.237 e. The van der Waals surface area contributed by atoms with E-state index in [4.69, 9.17) is 5.84 Å². The van der Waals surface area contributed by atoms with Gasteiger partial charge in [0.25, 0.3) is 0 Å². The first-order valence-corrected chi connectivity index (χ1v) is 6.41. The summed E-state index contributed by atoms with van der Waals surface area (Å²) in [4.78, 5) is 19.9. The molecule has 2 aromatic rings. The molecule has 0 atom stereocenters. The van der Waals surface area contributed by atoms with Crippen LogP contribution in [0.4, 0.5) is 11.6 Å². The highest BCUT2D eigenvalue weighted by Gasteiger charge is 2.15. The number of carbonyl (C=O) groups is 1. The second-order valence-corrected chi connectivity index (χ2v) is 4.78. The summed E-state index contributed by atoms with van der Waals surface area (Å²) in [5.74, 6) is 5.83. The Labute approximate surface area is 116 Å². The van der Waals surface area contributed by atoms with Gasteiger partial charge in [-0.05, 0) is 37.1 Å². The highest BCUT2D eigenvalue weighted by atomic mass is 16.1. The maximum atomic E-state index is 11.4. The number of anilines is 2. The number of nitrogen functional groups attached to an aromatic ring is 1. The van der Waals surface area contributed by atoms with Gasteiger partial charge in [0.05, 0.1) is 5.69 Å². The van der Waals surface area contributed by atoms with Gasteiger partial charge in [-0.2, -0.15) is 0 Å². The Hall–Kier alpha value is -2.47. The van der Waals surface area contributed by atoms with Crippen LogP contribution >= 0.6 is 0 Å². The molecule has 6 nitrogen and oxygen atoms in total. The molecule has 1 aromatic carbocycles. The number of nitrogens with two attached hydrogens (primary N) is 1. The number of nitrogens with one attached hydrogen (secondary N) is 2. The molecule has 1 aromatic heterocycles. The lowest BCUT2D eigenvalue weighted by Crippen LogP contribution is -2.18. The summed E-state index contributed by atoms with van der Waals surface area (Å²) in [6, 6.07) is 7.81. The zero-order valence-corrected chi connectivity index (χ0v) is 11.1. The van der Waals surface area contributed by atoms with E-state index in [1.165, 1.54) is 0 Å². The maximum absolute atomic E-state index is 11.4. The van der Waals surface area contributed by atoms with Crippen LogP contribution in [0, 0.1) is 6.92 Å². The molecule has 0 bridgehead atoms. The van der Waals surface area contributed by atoms with E-state index in [0.717, 1.165) is 34.6 Å². The van der Waals surface area contributed by atoms with Crippen LogP contribution in [-0.4, -0.2) is 15.9 Å². The fourth-order valence-corrected chi connectivity index (χ4v) is 2.32. The molecule has 0 unspecified atom stereocenters. The van der Waals surface area contributed by atoms with Crippen molar-refractivity contribution < 1.29 is 4.79 Å². The van der Waals surface area contributed by atoms with Crippen LogP contribution in [0.1, 0.15) is 17.7 Å². The Balaban J connectivity index is 2.03. The Morgan fingerprint density at radius 3 is 2.90 bits per heavy atom. The van der Waals surface area contributed by atoms with Crippen LogP contribution < -0.4 is 16.6 Å². The largest absolute Gasteiger partial charge is 0.326 e. The standard InChI is InChI=1S/C14H15N5O/c1-8-6-12(18-14(16-8)19-15)10-2-4-11-9(7-10)3-5-13(20)17-11/h2,4,6-7H,3,5,15H2,1H3,(H,17,20)(H,16,18,19). The van der Waals surface area contributed by atoms with Gasteiger partial charge in [-0.3, -0.25) is 10.2 Å². The van der Waals surface area contributed by atoms with Crippen LogP contribution in [-0.2, 0) is 11.2 Å². The summed E-state index contributed by atoms with van der Waals surface area (Å²) in [7, 11) is 0. The molecule has 0 saturated carbocycles. The molecular formula is C14H15N5O. The van der Waals surface area contributed by atoms with Crippen molar-refractivity contribution in [3.8, 4) is 11.3 Å². The highest BCUT2D eigenvalue weighted by molar-refractivity contribution is 5.94. The van der Waals surface area contributed by atoms with Gasteiger partial charge in [-0.15, -0.1) is 0 Å². The predicted molar refractivity (Wildman–Crippen MR) is 77.0 cm³/mol. The molecule has 102 valence electrons. The van der Waals surface area contributed by atoms with Crippen LogP contribution in [0.15, 0.2) is 24.3 Å². The zero-order chi connectivity index (χ0) is 14.1. The molecule has 0 saturated heterocycles. The van der Waals surface area contributed by atoms with Gasteiger partial charge in [-0.1, -0.05) is 6.07 Å². The van der Waals surface area contributed by atoms with Crippen molar-refractivity contribution in [2.24, 2.45) is 5.84 Å². The summed E-state index contributed by atoms with van der Waals surface area (Å²) >= 11 is 0. The molecule has 4 N–H and O–H groups in total. The average molecular weight is 269 g/mol. The van der Waals surface area contributed by atoms with E-state index >= 15 is 0 Å². The van der Waals surface area contributed by atoms with E-state index in [1.807, 2.05) is 25.1 Å². The normalized spacial score (nSPS) is 13.6. The van der Waals surface area contributed by atoms with Crippen molar-refractivity contribution in [2.45, 2.75) is 19.8 Å². The monoisotopic (exact) mass is 269 g/mol. The van der Waals surface area contributed by atoms with Gasteiger partial charge in [0, 0.05) is 23.4 Å². The number of hydrogen-bond acceptors (Lipinski definition) is 5. The molecule has 0 spiro atoms. The number of amides is 1. The van der Waals surface area contributed by atoms with Crippen LogP contribution in [0.5, 0.6) is 0 Å². The SMILES string of the molecule is Cc1cc(-c2ccc3c(c2)CCC(=O)N3)nc(NN)n1. The number of aromatic nitrogens is 2. The maximum Gasteiger partial charge on any atom is 0.237 e. The molecule has 0 aliphatic carbocycles. The van der Waals surface area contributed by atoms with Gasteiger partial charge >= 0.3 is 0 Å². The summed E-state index contributed by atoms with van der Waals surface area (Å²) in [6.45, 7) is 1.89. The molecular weight excluding hydrogens is 254 g/mol. The van der Waals surface area contributed by atoms with Crippen LogP contribution in [0.3, 0.4) is 0 Å². The van der Waals surface area contributed by atoms with Crippen molar-refractivity contribution in [1.29, 1.82) is 0 Å². The van der Waals surface area contributed by atoms with Crippen molar-refractivity contribution in [3.05, 3.63) is 35.5 Å². The van der Waals surface area contributed by atoms with Gasteiger partial charge < -0.3 is 5.32 Å². The third kappa shape index (κ3) is 2.33. The van der Waals surface area contributed by atoms with E-state index < -0.39 is 0 Å². The summed E-state index contributed by atoms with van der Waals surface area (Å²) in [5.41, 5.74) is 7.11. The topological polar surface area (TPSA) is 92.9 Å². The first kappa shape index (κ1) is 12.6. The number of nitrogens with zero attached hydrogens (tertiary/aromatic N) is 2. The lowest BCUT2D eigenvalue weighted by Gasteiger charge is -2.17. The second kappa shape index (κ2) is 4.90. The second-order valence-electron chi connectivity index (χ2n) is 4.78. The third-order valence-electron chi connectivity index (χ3n) is 3.28. The number of fused-ring (bicyclic) bond motifs is 1. The minimum Gasteiger partial charge on any atom is -0.326 e. The Morgan fingerprint density at radius 1 is 1.25 bits per heavy atom. The van der Waals surface area contributed by atoms with Crippen molar-refractivity contribution in [3.63, 3.8) is 0 Å². The Bertz CT molecular complexity index is 683. The lowest BCUT2D eigenvalue weighted by molar-refractivity contribution is -0.116. The van der Waals surface area contributed by atoms with Crippen LogP contribution in [0.2, 0.25) is 0 Å². The molecule has 3 rings (SSSR count). The molecule has 6 heteroatoms. The van der Waals surface area contributed by atoms with Crippen molar-refractivity contribution in [2.75, 3.05) is 10.7 Å². The zero-order valence-electron chi connectivity index (χ0n) is 11.1. The quantitative estimate of drug-likeness (QED) is 0.569. The van der Waals surface area contributed by atoms with E-state index in [1.54, 1.807) is 0 Å². The van der Waals surface area contributed by atoms with Gasteiger partial charge in [0.1, 0.15) is 0 Å². The molecule has 0 radical (unpaired) electrons. The molecule has 0 fully saturated rings. The van der Waals surface area contributed by atoms with Crippen LogP contribution in [0.25, 0.3) is 11.3 Å². The number of hydrogen-bond donors (Lipinski definition) is 3. The number of rotatable bonds is 2. The Kier molecular flexibility index (Phi) is 3.08. The van der Waals surface area contributed by atoms with Gasteiger partial charge in [0.15, 0.2) is 0 Å². The summed E-state index contributed by atoms with van der Waals surface area (Å²) in [6.07, 6.45) is 1.27. The fourth-order valence-electron chi connectivity index (χ4n) is 2.32. The average Bonchev–Trinajstić information content (AvgIpc) is 2.46.